The standard InChI is InChI=1S/C10H16N4O3S/c1-6-8(11)9(14-13-6)10(15)12-7-3-2-4-18(16,17)5-7/h7H,2-5,11H2,1H3,(H,12,15)(H,13,14). The Morgan fingerprint density at radius 1 is 1.56 bits per heavy atom. The van der Waals surface area contributed by atoms with E-state index in [0.717, 1.165) is 0 Å². The first-order valence-corrected chi connectivity index (χ1v) is 7.53. The van der Waals surface area contributed by atoms with Crippen LogP contribution in [0.2, 0.25) is 0 Å². The van der Waals surface area contributed by atoms with Crippen LogP contribution in [0.3, 0.4) is 0 Å². The number of aryl methyl sites for hydroxylation is 1. The van der Waals surface area contributed by atoms with Gasteiger partial charge in [-0.15, -0.1) is 0 Å². The molecule has 18 heavy (non-hydrogen) atoms. The summed E-state index contributed by atoms with van der Waals surface area (Å²) in [5, 5.41) is 9.09. The van der Waals surface area contributed by atoms with Crippen LogP contribution in [0, 0.1) is 6.92 Å². The Kier molecular flexibility index (Phi) is 3.29. The summed E-state index contributed by atoms with van der Waals surface area (Å²) in [6.45, 7) is 1.71. The van der Waals surface area contributed by atoms with Crippen molar-refractivity contribution >= 4 is 21.4 Å². The summed E-state index contributed by atoms with van der Waals surface area (Å²) in [7, 11) is -3.04. The van der Waals surface area contributed by atoms with Gasteiger partial charge in [-0.3, -0.25) is 9.89 Å². The molecule has 2 heterocycles. The van der Waals surface area contributed by atoms with Crippen LogP contribution in [-0.4, -0.2) is 42.1 Å². The van der Waals surface area contributed by atoms with E-state index in [2.05, 4.69) is 15.5 Å². The van der Waals surface area contributed by atoms with E-state index in [1.807, 2.05) is 0 Å². The van der Waals surface area contributed by atoms with Crippen LogP contribution < -0.4 is 11.1 Å². The van der Waals surface area contributed by atoms with Gasteiger partial charge in [0.15, 0.2) is 15.5 Å². The quantitative estimate of drug-likeness (QED) is 0.677. The average molecular weight is 272 g/mol. The molecule has 7 nitrogen and oxygen atoms in total. The minimum atomic E-state index is -3.04. The summed E-state index contributed by atoms with van der Waals surface area (Å²) in [4.78, 5) is 11.9. The van der Waals surface area contributed by atoms with Crippen molar-refractivity contribution in [2.24, 2.45) is 0 Å². The topological polar surface area (TPSA) is 118 Å². The second-order valence-electron chi connectivity index (χ2n) is 4.54. The third-order valence-corrected chi connectivity index (χ3v) is 4.83. The Labute approximate surface area is 105 Å². The first-order chi connectivity index (χ1) is 8.39. The molecule has 1 amide bonds. The molecule has 0 bridgehead atoms. The van der Waals surface area contributed by atoms with Crippen molar-refractivity contribution in [3.05, 3.63) is 11.4 Å². The molecular formula is C10H16N4O3S. The van der Waals surface area contributed by atoms with Crippen molar-refractivity contribution in [2.45, 2.75) is 25.8 Å². The van der Waals surface area contributed by atoms with Gasteiger partial charge < -0.3 is 11.1 Å². The van der Waals surface area contributed by atoms with Gasteiger partial charge in [0.25, 0.3) is 5.91 Å². The predicted octanol–water partition coefficient (Wildman–Crippen LogP) is -0.393. The van der Waals surface area contributed by atoms with E-state index in [-0.39, 0.29) is 23.2 Å². The fraction of sp³-hybridized carbons (Fsp3) is 0.600. The number of carbonyl (C=O) groups is 1. The van der Waals surface area contributed by atoms with Gasteiger partial charge in [0.05, 0.1) is 22.9 Å². The van der Waals surface area contributed by atoms with Crippen LogP contribution in [0.1, 0.15) is 29.0 Å². The lowest BCUT2D eigenvalue weighted by Gasteiger charge is -2.22. The highest BCUT2D eigenvalue weighted by Gasteiger charge is 2.27. The Morgan fingerprint density at radius 2 is 2.28 bits per heavy atom. The third kappa shape index (κ3) is 2.63. The molecule has 0 radical (unpaired) electrons. The van der Waals surface area contributed by atoms with E-state index < -0.39 is 15.7 Å². The lowest BCUT2D eigenvalue weighted by atomic mass is 10.2. The van der Waals surface area contributed by atoms with Gasteiger partial charge >= 0.3 is 0 Å². The fourth-order valence-corrected chi connectivity index (χ4v) is 3.64. The summed E-state index contributed by atoms with van der Waals surface area (Å²) >= 11 is 0. The van der Waals surface area contributed by atoms with E-state index in [9.17, 15) is 13.2 Å². The maximum Gasteiger partial charge on any atom is 0.274 e. The van der Waals surface area contributed by atoms with Gasteiger partial charge in [0, 0.05) is 6.04 Å². The molecule has 1 aliphatic heterocycles. The molecule has 8 heteroatoms. The number of nitrogens with zero attached hydrogens (tertiary/aromatic N) is 1. The molecule has 100 valence electrons. The molecule has 1 aromatic heterocycles. The fourth-order valence-electron chi connectivity index (χ4n) is 2.00. The van der Waals surface area contributed by atoms with E-state index in [0.29, 0.717) is 24.2 Å². The number of anilines is 1. The van der Waals surface area contributed by atoms with Crippen molar-refractivity contribution in [3.8, 4) is 0 Å². The lowest BCUT2D eigenvalue weighted by Crippen LogP contribution is -2.43. The minimum absolute atomic E-state index is 0.0119. The number of nitrogen functional groups attached to an aromatic ring is 1. The number of rotatable bonds is 2. The lowest BCUT2D eigenvalue weighted by molar-refractivity contribution is 0.0934. The predicted molar refractivity (Wildman–Crippen MR) is 66.9 cm³/mol. The maximum absolute atomic E-state index is 11.9. The molecule has 1 saturated heterocycles. The number of H-pyrrole nitrogens is 1. The first-order valence-electron chi connectivity index (χ1n) is 5.71. The monoisotopic (exact) mass is 272 g/mol. The highest BCUT2D eigenvalue weighted by atomic mass is 32.2. The number of hydrogen-bond acceptors (Lipinski definition) is 5. The summed E-state index contributed by atoms with van der Waals surface area (Å²) in [5.41, 5.74) is 6.73. The average Bonchev–Trinajstić information content (AvgIpc) is 2.58. The molecule has 1 fully saturated rings. The van der Waals surface area contributed by atoms with Crippen molar-refractivity contribution in [1.82, 2.24) is 15.5 Å². The largest absolute Gasteiger partial charge is 0.395 e. The van der Waals surface area contributed by atoms with Crippen LogP contribution in [0.15, 0.2) is 0 Å². The number of sulfone groups is 1. The summed E-state index contributed by atoms with van der Waals surface area (Å²) in [6, 6.07) is -0.354. The Balaban J connectivity index is 2.06. The number of nitrogens with two attached hydrogens (primary N) is 1. The van der Waals surface area contributed by atoms with E-state index in [1.54, 1.807) is 6.92 Å². The van der Waals surface area contributed by atoms with Gasteiger partial charge in [0.1, 0.15) is 0 Å². The van der Waals surface area contributed by atoms with Crippen molar-refractivity contribution in [3.63, 3.8) is 0 Å². The highest BCUT2D eigenvalue weighted by molar-refractivity contribution is 7.91. The summed E-state index contributed by atoms with van der Waals surface area (Å²) < 4.78 is 22.9. The molecule has 1 aliphatic rings. The molecule has 1 unspecified atom stereocenters. The zero-order chi connectivity index (χ0) is 13.3. The number of amides is 1. The summed E-state index contributed by atoms with van der Waals surface area (Å²) in [6.07, 6.45) is 1.23. The minimum Gasteiger partial charge on any atom is -0.395 e. The Bertz CT molecular complexity index is 564. The molecule has 0 spiro atoms. The van der Waals surface area contributed by atoms with E-state index >= 15 is 0 Å². The summed E-state index contributed by atoms with van der Waals surface area (Å²) in [5.74, 6) is -0.246. The molecule has 2 rings (SSSR count). The van der Waals surface area contributed by atoms with Crippen LogP contribution in [0.25, 0.3) is 0 Å². The van der Waals surface area contributed by atoms with Gasteiger partial charge in [-0.1, -0.05) is 0 Å². The number of aromatic amines is 1. The molecule has 1 atom stereocenters. The zero-order valence-corrected chi connectivity index (χ0v) is 10.9. The van der Waals surface area contributed by atoms with Crippen LogP contribution >= 0.6 is 0 Å². The smallest absolute Gasteiger partial charge is 0.274 e. The molecule has 1 aromatic rings. The van der Waals surface area contributed by atoms with Gasteiger partial charge in [-0.25, -0.2) is 8.42 Å². The SMILES string of the molecule is Cc1[nH]nc(C(=O)NC2CCCS(=O)(=O)C2)c1N. The maximum atomic E-state index is 11.9. The van der Waals surface area contributed by atoms with Crippen LogP contribution in [0.4, 0.5) is 5.69 Å². The van der Waals surface area contributed by atoms with Crippen LogP contribution in [0.5, 0.6) is 0 Å². The first kappa shape index (κ1) is 12.9. The number of aromatic nitrogens is 2. The number of hydrogen-bond donors (Lipinski definition) is 3. The number of nitrogens with one attached hydrogen (secondary N) is 2. The second-order valence-corrected chi connectivity index (χ2v) is 6.77. The molecule has 0 saturated carbocycles. The second kappa shape index (κ2) is 4.60. The van der Waals surface area contributed by atoms with Crippen molar-refractivity contribution < 1.29 is 13.2 Å². The zero-order valence-electron chi connectivity index (χ0n) is 10.1. The highest BCUT2D eigenvalue weighted by Crippen LogP contribution is 2.15. The van der Waals surface area contributed by atoms with Crippen LogP contribution in [-0.2, 0) is 9.84 Å². The third-order valence-electron chi connectivity index (χ3n) is 3.01. The number of carbonyl (C=O) groups excluding carboxylic acids is 1. The van der Waals surface area contributed by atoms with Crippen molar-refractivity contribution in [2.75, 3.05) is 17.2 Å². The molecule has 4 N–H and O–H groups in total. The Hall–Kier alpha value is -1.57. The molecular weight excluding hydrogens is 256 g/mol. The molecule has 0 aliphatic carbocycles. The van der Waals surface area contributed by atoms with Gasteiger partial charge in [-0.2, -0.15) is 5.10 Å². The van der Waals surface area contributed by atoms with Gasteiger partial charge in [0.2, 0.25) is 0 Å². The van der Waals surface area contributed by atoms with E-state index in [1.165, 1.54) is 0 Å². The van der Waals surface area contributed by atoms with Crippen molar-refractivity contribution in [1.29, 1.82) is 0 Å². The molecule has 0 aromatic carbocycles. The normalized spacial score (nSPS) is 22.6. The van der Waals surface area contributed by atoms with E-state index in [4.69, 9.17) is 5.73 Å². The van der Waals surface area contributed by atoms with Gasteiger partial charge in [-0.05, 0) is 19.8 Å². The Morgan fingerprint density at radius 3 is 2.83 bits per heavy atom.